The van der Waals surface area contributed by atoms with Gasteiger partial charge < -0.3 is 20.5 Å². The van der Waals surface area contributed by atoms with Crippen LogP contribution in [0, 0.1) is 11.8 Å². The number of benzene rings is 1. The summed E-state index contributed by atoms with van der Waals surface area (Å²) in [6, 6.07) is 7.65. The van der Waals surface area contributed by atoms with Gasteiger partial charge in [0.05, 0.1) is 19.8 Å². The SMILES string of the molecule is COCCOCC(=O)NCc1ccc(C#CCN)cc1. The molecule has 0 aliphatic heterocycles. The van der Waals surface area contributed by atoms with Gasteiger partial charge in [0.15, 0.2) is 0 Å². The van der Waals surface area contributed by atoms with E-state index in [1.165, 1.54) is 0 Å². The minimum Gasteiger partial charge on any atom is -0.382 e. The monoisotopic (exact) mass is 276 g/mol. The fourth-order valence-corrected chi connectivity index (χ4v) is 1.42. The zero-order valence-corrected chi connectivity index (χ0v) is 11.6. The van der Waals surface area contributed by atoms with Gasteiger partial charge in [0, 0.05) is 19.2 Å². The van der Waals surface area contributed by atoms with Crippen LogP contribution >= 0.6 is 0 Å². The molecule has 0 aliphatic rings. The quantitative estimate of drug-likeness (QED) is 0.554. The van der Waals surface area contributed by atoms with Crippen molar-refractivity contribution in [3.05, 3.63) is 35.4 Å². The molecule has 1 rings (SSSR count). The van der Waals surface area contributed by atoms with Crippen LogP contribution in [-0.4, -0.2) is 39.4 Å². The Kier molecular flexibility index (Phi) is 8.08. The molecular weight excluding hydrogens is 256 g/mol. The molecule has 0 spiro atoms. The molecule has 1 aromatic rings. The first-order chi connectivity index (χ1) is 9.76. The van der Waals surface area contributed by atoms with Crippen molar-refractivity contribution in [1.29, 1.82) is 0 Å². The Morgan fingerprint density at radius 2 is 2.05 bits per heavy atom. The Bertz CT molecular complexity index is 460. The highest BCUT2D eigenvalue weighted by Gasteiger charge is 2.01. The smallest absolute Gasteiger partial charge is 0.246 e. The van der Waals surface area contributed by atoms with E-state index < -0.39 is 0 Å². The molecule has 1 aromatic carbocycles. The molecule has 3 N–H and O–H groups in total. The number of hydrogen-bond donors (Lipinski definition) is 2. The fraction of sp³-hybridized carbons (Fsp3) is 0.400. The molecule has 0 aromatic heterocycles. The van der Waals surface area contributed by atoms with Gasteiger partial charge in [0.1, 0.15) is 6.61 Å². The Morgan fingerprint density at radius 3 is 2.70 bits per heavy atom. The molecule has 0 saturated carbocycles. The Balaban J connectivity index is 2.29. The van der Waals surface area contributed by atoms with E-state index in [0.717, 1.165) is 11.1 Å². The van der Waals surface area contributed by atoms with Gasteiger partial charge in [-0.15, -0.1) is 0 Å². The topological polar surface area (TPSA) is 73.6 Å². The van der Waals surface area contributed by atoms with Crippen LogP contribution in [0.15, 0.2) is 24.3 Å². The number of hydrogen-bond acceptors (Lipinski definition) is 4. The predicted octanol–water partition coefficient (Wildman–Crippen LogP) is 0.276. The zero-order chi connectivity index (χ0) is 14.6. The predicted molar refractivity (Wildman–Crippen MR) is 76.9 cm³/mol. The number of ether oxygens (including phenoxy) is 2. The summed E-state index contributed by atoms with van der Waals surface area (Å²) in [7, 11) is 1.59. The van der Waals surface area contributed by atoms with Crippen LogP contribution in [-0.2, 0) is 20.8 Å². The maximum atomic E-state index is 11.5. The number of nitrogens with two attached hydrogens (primary N) is 1. The lowest BCUT2D eigenvalue weighted by Gasteiger charge is -2.06. The third-order valence-corrected chi connectivity index (χ3v) is 2.44. The highest BCUT2D eigenvalue weighted by Crippen LogP contribution is 2.02. The summed E-state index contributed by atoms with van der Waals surface area (Å²) in [5.41, 5.74) is 7.22. The summed E-state index contributed by atoms with van der Waals surface area (Å²) >= 11 is 0. The van der Waals surface area contributed by atoms with E-state index in [4.69, 9.17) is 15.2 Å². The maximum Gasteiger partial charge on any atom is 0.246 e. The maximum absolute atomic E-state index is 11.5. The third kappa shape index (κ3) is 6.90. The number of rotatable bonds is 7. The van der Waals surface area contributed by atoms with Gasteiger partial charge >= 0.3 is 0 Å². The number of carbonyl (C=O) groups is 1. The summed E-state index contributed by atoms with van der Waals surface area (Å²) in [5, 5.41) is 2.78. The van der Waals surface area contributed by atoms with Gasteiger partial charge in [-0.05, 0) is 17.7 Å². The summed E-state index contributed by atoms with van der Waals surface area (Å²) in [4.78, 5) is 11.5. The van der Waals surface area contributed by atoms with Crippen molar-refractivity contribution in [2.24, 2.45) is 5.73 Å². The van der Waals surface area contributed by atoms with E-state index in [1.54, 1.807) is 7.11 Å². The van der Waals surface area contributed by atoms with Crippen LogP contribution in [0.2, 0.25) is 0 Å². The molecule has 0 aliphatic carbocycles. The second-order valence-corrected chi connectivity index (χ2v) is 4.02. The summed E-state index contributed by atoms with van der Waals surface area (Å²) in [6.07, 6.45) is 0. The first-order valence-corrected chi connectivity index (χ1v) is 6.37. The third-order valence-electron chi connectivity index (χ3n) is 2.44. The average molecular weight is 276 g/mol. The van der Waals surface area contributed by atoms with Crippen LogP contribution in [0.25, 0.3) is 0 Å². The molecule has 5 heteroatoms. The Morgan fingerprint density at radius 1 is 1.30 bits per heavy atom. The number of nitrogens with one attached hydrogen (secondary N) is 1. The molecule has 0 radical (unpaired) electrons. The van der Waals surface area contributed by atoms with Crippen molar-refractivity contribution in [1.82, 2.24) is 5.32 Å². The second kappa shape index (κ2) is 9.98. The van der Waals surface area contributed by atoms with Gasteiger partial charge in [-0.2, -0.15) is 0 Å². The highest BCUT2D eigenvalue weighted by molar-refractivity contribution is 5.77. The molecular formula is C15H20N2O3. The Hall–Kier alpha value is -1.87. The van der Waals surface area contributed by atoms with Gasteiger partial charge in [-0.1, -0.05) is 24.0 Å². The van der Waals surface area contributed by atoms with Crippen LogP contribution < -0.4 is 11.1 Å². The first kappa shape index (κ1) is 16.2. The second-order valence-electron chi connectivity index (χ2n) is 4.02. The molecule has 20 heavy (non-hydrogen) atoms. The standard InChI is InChI=1S/C15H20N2O3/c1-19-9-10-20-12-15(18)17-11-14-6-4-13(5-7-14)3-2-8-16/h4-7H,8-12,16H2,1H3,(H,17,18). The lowest BCUT2D eigenvalue weighted by molar-refractivity contribution is -0.126. The summed E-state index contributed by atoms with van der Waals surface area (Å²) in [6.45, 7) is 1.76. The van der Waals surface area contributed by atoms with Crippen molar-refractivity contribution >= 4 is 5.91 Å². The first-order valence-electron chi connectivity index (χ1n) is 6.37. The minimum absolute atomic E-state index is 0.0451. The largest absolute Gasteiger partial charge is 0.382 e. The lowest BCUT2D eigenvalue weighted by Crippen LogP contribution is -2.27. The normalized spacial score (nSPS) is 9.70. The molecule has 0 unspecified atom stereocenters. The average Bonchev–Trinajstić information content (AvgIpc) is 2.48. The van der Waals surface area contributed by atoms with E-state index in [9.17, 15) is 4.79 Å². The van der Waals surface area contributed by atoms with Gasteiger partial charge in [-0.3, -0.25) is 4.79 Å². The van der Waals surface area contributed by atoms with E-state index in [-0.39, 0.29) is 12.5 Å². The van der Waals surface area contributed by atoms with Crippen molar-refractivity contribution in [3.8, 4) is 11.8 Å². The minimum atomic E-state index is -0.145. The van der Waals surface area contributed by atoms with Crippen molar-refractivity contribution < 1.29 is 14.3 Å². The van der Waals surface area contributed by atoms with Crippen LogP contribution in [0.3, 0.4) is 0 Å². The highest BCUT2D eigenvalue weighted by atomic mass is 16.5. The lowest BCUT2D eigenvalue weighted by atomic mass is 10.1. The van der Waals surface area contributed by atoms with Crippen LogP contribution in [0.5, 0.6) is 0 Å². The number of carbonyl (C=O) groups excluding carboxylic acids is 1. The van der Waals surface area contributed by atoms with Gasteiger partial charge in [0.2, 0.25) is 5.91 Å². The molecule has 0 bridgehead atoms. The molecule has 5 nitrogen and oxygen atoms in total. The molecule has 1 amide bonds. The van der Waals surface area contributed by atoms with E-state index in [1.807, 2.05) is 24.3 Å². The Labute approximate surface area is 119 Å². The van der Waals surface area contributed by atoms with Gasteiger partial charge in [-0.25, -0.2) is 0 Å². The van der Waals surface area contributed by atoms with Crippen molar-refractivity contribution in [3.63, 3.8) is 0 Å². The molecule has 0 heterocycles. The van der Waals surface area contributed by atoms with E-state index in [2.05, 4.69) is 17.2 Å². The molecule has 0 atom stereocenters. The fourth-order valence-electron chi connectivity index (χ4n) is 1.42. The molecule has 0 saturated heterocycles. The molecule has 0 fully saturated rings. The number of amides is 1. The van der Waals surface area contributed by atoms with E-state index in [0.29, 0.717) is 26.3 Å². The summed E-state index contributed by atoms with van der Waals surface area (Å²) < 4.78 is 9.94. The van der Waals surface area contributed by atoms with Crippen LogP contribution in [0.4, 0.5) is 0 Å². The van der Waals surface area contributed by atoms with E-state index >= 15 is 0 Å². The van der Waals surface area contributed by atoms with Crippen LogP contribution in [0.1, 0.15) is 11.1 Å². The van der Waals surface area contributed by atoms with Crippen molar-refractivity contribution in [2.75, 3.05) is 33.5 Å². The van der Waals surface area contributed by atoms with Crippen molar-refractivity contribution in [2.45, 2.75) is 6.54 Å². The number of methoxy groups -OCH3 is 1. The van der Waals surface area contributed by atoms with Gasteiger partial charge in [0.25, 0.3) is 0 Å². The zero-order valence-electron chi connectivity index (χ0n) is 11.6. The summed E-state index contributed by atoms with van der Waals surface area (Å²) in [5.74, 6) is 5.59. The molecule has 108 valence electrons.